The molecule has 1 saturated carbocycles. The van der Waals surface area contributed by atoms with Crippen LogP contribution in [0.5, 0.6) is 0 Å². The van der Waals surface area contributed by atoms with Crippen molar-refractivity contribution in [2.75, 3.05) is 19.6 Å². The van der Waals surface area contributed by atoms with Crippen LogP contribution in [0.4, 0.5) is 13.2 Å². The minimum absolute atomic E-state index is 0.0715. The second-order valence-electron chi connectivity index (χ2n) is 4.00. The predicted octanol–water partition coefficient (Wildman–Crippen LogP) is 1.54. The second-order valence-corrected chi connectivity index (χ2v) is 4.00. The summed E-state index contributed by atoms with van der Waals surface area (Å²) in [5, 5.41) is 2.34. The highest BCUT2D eigenvalue weighted by molar-refractivity contribution is 5.78. The normalized spacial score (nSPS) is 18.3. The summed E-state index contributed by atoms with van der Waals surface area (Å²) < 4.78 is 37.6. The van der Waals surface area contributed by atoms with Crippen LogP contribution < -0.4 is 5.32 Å². The first kappa shape index (κ1) is 13.3. The molecule has 1 aliphatic carbocycles. The Hall–Kier alpha value is -0.780. The van der Waals surface area contributed by atoms with Gasteiger partial charge in [0.15, 0.2) is 0 Å². The van der Waals surface area contributed by atoms with E-state index in [1.165, 1.54) is 4.90 Å². The largest absolute Gasteiger partial charge is 0.406 e. The van der Waals surface area contributed by atoms with E-state index in [1.807, 2.05) is 0 Å². The van der Waals surface area contributed by atoms with E-state index in [4.69, 9.17) is 0 Å². The Morgan fingerprint density at radius 3 is 2.12 bits per heavy atom. The number of amides is 1. The van der Waals surface area contributed by atoms with Gasteiger partial charge in [-0.05, 0) is 26.7 Å². The molecule has 1 N–H and O–H groups in total. The maximum atomic E-state index is 12.5. The van der Waals surface area contributed by atoms with Crippen LogP contribution in [0.15, 0.2) is 0 Å². The van der Waals surface area contributed by atoms with E-state index in [0.29, 0.717) is 13.1 Å². The molecule has 0 aliphatic heterocycles. The first-order valence-electron chi connectivity index (χ1n) is 5.46. The van der Waals surface area contributed by atoms with Crippen LogP contribution in [0.2, 0.25) is 0 Å². The molecule has 0 aromatic rings. The first-order chi connectivity index (χ1) is 7.36. The molecule has 1 aliphatic rings. The Balaban J connectivity index is 2.44. The zero-order valence-electron chi connectivity index (χ0n) is 9.52. The van der Waals surface area contributed by atoms with Crippen LogP contribution in [0.1, 0.15) is 26.7 Å². The average Bonchev–Trinajstić information content (AvgIpc) is 2.96. The number of nitrogens with zero attached hydrogens (tertiary/aromatic N) is 1. The van der Waals surface area contributed by atoms with Gasteiger partial charge in [0.1, 0.15) is 5.54 Å². The van der Waals surface area contributed by atoms with Gasteiger partial charge in [-0.3, -0.25) is 10.1 Å². The molecule has 0 bridgehead atoms. The molecule has 94 valence electrons. The molecule has 0 atom stereocenters. The molecule has 0 unspecified atom stereocenters. The third kappa shape index (κ3) is 2.66. The molecule has 0 spiro atoms. The monoisotopic (exact) mass is 238 g/mol. The zero-order valence-corrected chi connectivity index (χ0v) is 9.52. The Morgan fingerprint density at radius 1 is 1.31 bits per heavy atom. The Kier molecular flexibility index (Phi) is 3.83. The molecule has 0 heterocycles. The van der Waals surface area contributed by atoms with E-state index < -0.39 is 11.7 Å². The van der Waals surface area contributed by atoms with Gasteiger partial charge >= 0.3 is 6.18 Å². The number of hydrogen-bond donors (Lipinski definition) is 1. The molecule has 0 aromatic carbocycles. The van der Waals surface area contributed by atoms with Crippen molar-refractivity contribution in [3.05, 3.63) is 0 Å². The summed E-state index contributed by atoms with van der Waals surface area (Å²) in [6.45, 7) is 4.42. The number of rotatable bonds is 5. The summed E-state index contributed by atoms with van der Waals surface area (Å²) in [6, 6.07) is 0. The lowest BCUT2D eigenvalue weighted by molar-refractivity contribution is -0.166. The topological polar surface area (TPSA) is 32.3 Å². The SMILES string of the molecule is CCN(CC)C(=O)CNC1(C(F)(F)F)CC1. The van der Waals surface area contributed by atoms with Crippen LogP contribution in [0.25, 0.3) is 0 Å². The molecule has 3 nitrogen and oxygen atoms in total. The maximum Gasteiger partial charge on any atom is 0.406 e. The average molecular weight is 238 g/mol. The summed E-state index contributed by atoms with van der Waals surface area (Å²) >= 11 is 0. The van der Waals surface area contributed by atoms with Crippen molar-refractivity contribution in [3.63, 3.8) is 0 Å². The third-order valence-corrected chi connectivity index (χ3v) is 2.99. The fourth-order valence-corrected chi connectivity index (χ4v) is 1.62. The molecular weight excluding hydrogens is 221 g/mol. The summed E-state index contributed by atoms with van der Waals surface area (Å²) in [5.74, 6) is -0.277. The minimum Gasteiger partial charge on any atom is -0.342 e. The van der Waals surface area contributed by atoms with Crippen molar-refractivity contribution >= 4 is 5.91 Å². The van der Waals surface area contributed by atoms with Crippen molar-refractivity contribution in [2.45, 2.75) is 38.4 Å². The van der Waals surface area contributed by atoms with Crippen molar-refractivity contribution < 1.29 is 18.0 Å². The van der Waals surface area contributed by atoms with Crippen molar-refractivity contribution in [2.24, 2.45) is 0 Å². The van der Waals surface area contributed by atoms with Gasteiger partial charge in [0.25, 0.3) is 0 Å². The molecule has 0 radical (unpaired) electrons. The van der Waals surface area contributed by atoms with Gasteiger partial charge < -0.3 is 4.90 Å². The van der Waals surface area contributed by atoms with Gasteiger partial charge in [-0.2, -0.15) is 13.2 Å². The Labute approximate surface area is 93.0 Å². The summed E-state index contributed by atoms with van der Waals surface area (Å²) in [5.41, 5.74) is -1.80. The lowest BCUT2D eigenvalue weighted by Gasteiger charge is -2.23. The van der Waals surface area contributed by atoms with E-state index in [2.05, 4.69) is 5.32 Å². The zero-order chi connectivity index (χ0) is 12.4. The lowest BCUT2D eigenvalue weighted by atomic mass is 10.2. The predicted molar refractivity (Wildman–Crippen MR) is 54.0 cm³/mol. The lowest BCUT2D eigenvalue weighted by Crippen LogP contribution is -2.49. The number of alkyl halides is 3. The van der Waals surface area contributed by atoms with E-state index in [-0.39, 0.29) is 25.3 Å². The number of likely N-dealkylation sites (N-methyl/N-ethyl adjacent to an activating group) is 1. The van der Waals surface area contributed by atoms with Crippen molar-refractivity contribution in [3.8, 4) is 0 Å². The molecular formula is C10H17F3N2O. The van der Waals surface area contributed by atoms with Gasteiger partial charge in [-0.1, -0.05) is 0 Å². The van der Waals surface area contributed by atoms with Crippen LogP contribution in [0, 0.1) is 0 Å². The molecule has 1 rings (SSSR count). The fraction of sp³-hybridized carbons (Fsp3) is 0.900. The van der Waals surface area contributed by atoms with E-state index in [1.54, 1.807) is 13.8 Å². The molecule has 6 heteroatoms. The molecule has 1 fully saturated rings. The summed E-state index contributed by atoms with van der Waals surface area (Å²) in [7, 11) is 0. The smallest absolute Gasteiger partial charge is 0.342 e. The standard InChI is InChI=1S/C10H17F3N2O/c1-3-15(4-2)8(16)7-14-9(5-6-9)10(11,12)13/h14H,3-7H2,1-2H3. The quantitative estimate of drug-likeness (QED) is 0.788. The second kappa shape index (κ2) is 4.61. The van der Waals surface area contributed by atoms with Crippen molar-refractivity contribution in [1.82, 2.24) is 10.2 Å². The number of hydrogen-bond acceptors (Lipinski definition) is 2. The summed E-state index contributed by atoms with van der Waals surface area (Å²) in [6.07, 6.45) is -4.11. The van der Waals surface area contributed by atoms with Crippen LogP contribution >= 0.6 is 0 Å². The molecule has 1 amide bonds. The van der Waals surface area contributed by atoms with Crippen molar-refractivity contribution in [1.29, 1.82) is 0 Å². The molecule has 16 heavy (non-hydrogen) atoms. The highest BCUT2D eigenvalue weighted by Crippen LogP contribution is 2.48. The number of halogens is 3. The number of carbonyl (C=O) groups is 1. The Bertz CT molecular complexity index is 257. The first-order valence-corrected chi connectivity index (χ1v) is 5.46. The molecule has 0 aromatic heterocycles. The van der Waals surface area contributed by atoms with E-state index >= 15 is 0 Å². The van der Waals surface area contributed by atoms with Gasteiger partial charge in [0.2, 0.25) is 5.91 Å². The highest BCUT2D eigenvalue weighted by Gasteiger charge is 2.63. The number of nitrogens with one attached hydrogen (secondary N) is 1. The highest BCUT2D eigenvalue weighted by atomic mass is 19.4. The van der Waals surface area contributed by atoms with Gasteiger partial charge in [-0.15, -0.1) is 0 Å². The van der Waals surface area contributed by atoms with Crippen LogP contribution in [0.3, 0.4) is 0 Å². The van der Waals surface area contributed by atoms with Gasteiger partial charge in [0.05, 0.1) is 6.54 Å². The van der Waals surface area contributed by atoms with Crippen LogP contribution in [-0.2, 0) is 4.79 Å². The fourth-order valence-electron chi connectivity index (χ4n) is 1.62. The number of carbonyl (C=O) groups excluding carboxylic acids is 1. The van der Waals surface area contributed by atoms with E-state index in [0.717, 1.165) is 0 Å². The Morgan fingerprint density at radius 2 is 1.81 bits per heavy atom. The minimum atomic E-state index is -4.25. The van der Waals surface area contributed by atoms with Gasteiger partial charge in [-0.25, -0.2) is 0 Å². The van der Waals surface area contributed by atoms with Gasteiger partial charge in [0, 0.05) is 13.1 Å². The van der Waals surface area contributed by atoms with Crippen LogP contribution in [-0.4, -0.2) is 42.2 Å². The van der Waals surface area contributed by atoms with E-state index in [9.17, 15) is 18.0 Å². The summed E-state index contributed by atoms with van der Waals surface area (Å²) in [4.78, 5) is 13.0. The maximum absolute atomic E-state index is 12.5. The third-order valence-electron chi connectivity index (χ3n) is 2.99. The molecule has 0 saturated heterocycles.